The molecule has 0 aliphatic rings. The number of rotatable bonds is 9. The average molecular weight is 323 g/mol. The highest BCUT2D eigenvalue weighted by molar-refractivity contribution is 6.74. The smallest absolute Gasteiger partial charge is 0.191 e. The lowest BCUT2D eigenvalue weighted by atomic mass is 10.1. The Labute approximate surface area is 138 Å². The van der Waals surface area contributed by atoms with Crippen molar-refractivity contribution >= 4 is 8.32 Å². The molecule has 1 aromatic carbocycles. The molecule has 0 amide bonds. The van der Waals surface area contributed by atoms with E-state index in [4.69, 9.17) is 9.16 Å². The largest absolute Gasteiger partial charge is 0.417 e. The molecule has 0 fully saturated rings. The van der Waals surface area contributed by atoms with Gasteiger partial charge in [0.15, 0.2) is 8.32 Å². The minimum atomic E-state index is -1.60. The second kappa shape index (κ2) is 8.85. The van der Waals surface area contributed by atoms with Crippen molar-refractivity contribution in [3.8, 4) is 0 Å². The van der Waals surface area contributed by atoms with E-state index in [0.29, 0.717) is 11.0 Å². The summed E-state index contributed by atoms with van der Waals surface area (Å²) in [6, 6.07) is 10.4. The molecule has 0 heterocycles. The molecule has 1 rings (SSSR count). The molecule has 0 saturated heterocycles. The van der Waals surface area contributed by atoms with Crippen molar-refractivity contribution in [3.05, 3.63) is 35.9 Å². The minimum absolute atomic E-state index is 0.297. The van der Waals surface area contributed by atoms with E-state index in [1.54, 1.807) is 0 Å². The van der Waals surface area contributed by atoms with E-state index in [1.165, 1.54) is 12.0 Å². The van der Waals surface area contributed by atoms with Crippen LogP contribution < -0.4 is 0 Å². The summed E-state index contributed by atoms with van der Waals surface area (Å²) < 4.78 is 12.0. The fourth-order valence-corrected chi connectivity index (χ4v) is 3.08. The molecule has 1 aromatic rings. The quantitative estimate of drug-likeness (QED) is 0.432. The molecule has 1 atom stereocenters. The van der Waals surface area contributed by atoms with Crippen molar-refractivity contribution in [1.82, 2.24) is 0 Å². The fraction of sp³-hybridized carbons (Fsp3) is 0.684. The van der Waals surface area contributed by atoms with Gasteiger partial charge in [-0.15, -0.1) is 0 Å². The molecule has 0 N–H and O–H groups in total. The van der Waals surface area contributed by atoms with Gasteiger partial charge >= 0.3 is 0 Å². The molecule has 126 valence electrons. The van der Waals surface area contributed by atoms with Crippen molar-refractivity contribution in [3.63, 3.8) is 0 Å². The van der Waals surface area contributed by atoms with Crippen molar-refractivity contribution in [2.45, 2.75) is 65.3 Å². The SMILES string of the molecule is C[C@H](CCCOCc1ccccc1)CO[Si](C)(C)C(C)(C)C. The molecule has 2 nitrogen and oxygen atoms in total. The summed E-state index contributed by atoms with van der Waals surface area (Å²) in [7, 11) is -1.60. The third kappa shape index (κ3) is 7.08. The standard InChI is InChI=1S/C19H34O2Si/c1-17(15-21-22(5,6)19(2,3)4)11-10-14-20-16-18-12-8-7-9-13-18/h7-9,12-13,17H,10-11,14-16H2,1-6H3/t17-/m1/s1. The van der Waals surface area contributed by atoms with E-state index in [1.807, 2.05) is 6.07 Å². The highest BCUT2D eigenvalue weighted by Crippen LogP contribution is 2.36. The number of hydrogen-bond donors (Lipinski definition) is 0. The van der Waals surface area contributed by atoms with Crippen LogP contribution in [0.4, 0.5) is 0 Å². The molecule has 0 aromatic heterocycles. The zero-order valence-electron chi connectivity index (χ0n) is 15.3. The van der Waals surface area contributed by atoms with Gasteiger partial charge in [0.05, 0.1) is 6.61 Å². The first-order chi connectivity index (χ1) is 10.2. The highest BCUT2D eigenvalue weighted by Gasteiger charge is 2.37. The van der Waals surface area contributed by atoms with Crippen LogP contribution >= 0.6 is 0 Å². The van der Waals surface area contributed by atoms with E-state index >= 15 is 0 Å². The van der Waals surface area contributed by atoms with Gasteiger partial charge in [-0.05, 0) is 42.5 Å². The van der Waals surface area contributed by atoms with Gasteiger partial charge in [-0.1, -0.05) is 58.0 Å². The van der Waals surface area contributed by atoms with E-state index in [0.717, 1.165) is 26.2 Å². The maximum atomic E-state index is 6.28. The molecule has 22 heavy (non-hydrogen) atoms. The zero-order chi connectivity index (χ0) is 16.6. The van der Waals surface area contributed by atoms with Crippen LogP contribution in [-0.2, 0) is 15.8 Å². The summed E-state index contributed by atoms with van der Waals surface area (Å²) in [6.45, 7) is 16.2. The van der Waals surface area contributed by atoms with Gasteiger partial charge in [0, 0.05) is 13.2 Å². The van der Waals surface area contributed by atoms with E-state index in [-0.39, 0.29) is 0 Å². The summed E-state index contributed by atoms with van der Waals surface area (Å²) in [4.78, 5) is 0. The lowest BCUT2D eigenvalue weighted by molar-refractivity contribution is 0.111. The Morgan fingerprint density at radius 1 is 1.09 bits per heavy atom. The van der Waals surface area contributed by atoms with Gasteiger partial charge in [0.1, 0.15) is 0 Å². The zero-order valence-corrected chi connectivity index (χ0v) is 16.3. The number of ether oxygens (including phenoxy) is 1. The molecule has 0 saturated carbocycles. The Morgan fingerprint density at radius 3 is 2.32 bits per heavy atom. The summed E-state index contributed by atoms with van der Waals surface area (Å²) in [6.07, 6.45) is 2.28. The molecule has 0 aliphatic carbocycles. The van der Waals surface area contributed by atoms with Gasteiger partial charge in [-0.2, -0.15) is 0 Å². The van der Waals surface area contributed by atoms with Crippen LogP contribution in [0.3, 0.4) is 0 Å². The third-order valence-corrected chi connectivity index (χ3v) is 9.13. The second-order valence-corrected chi connectivity index (χ2v) is 12.7. The Balaban J connectivity index is 2.12. The first-order valence-corrected chi connectivity index (χ1v) is 11.4. The predicted molar refractivity (Wildman–Crippen MR) is 97.6 cm³/mol. The molecule has 0 aliphatic heterocycles. The summed E-state index contributed by atoms with van der Waals surface area (Å²) in [5, 5.41) is 0.297. The molecule has 3 heteroatoms. The minimum Gasteiger partial charge on any atom is -0.417 e. The number of hydrogen-bond acceptors (Lipinski definition) is 2. The van der Waals surface area contributed by atoms with Crippen LogP contribution in [0, 0.1) is 5.92 Å². The van der Waals surface area contributed by atoms with E-state index in [9.17, 15) is 0 Å². The average Bonchev–Trinajstić information content (AvgIpc) is 2.45. The Kier molecular flexibility index (Phi) is 7.81. The Morgan fingerprint density at radius 2 is 1.73 bits per heavy atom. The van der Waals surface area contributed by atoms with Crippen LogP contribution in [0.2, 0.25) is 18.1 Å². The van der Waals surface area contributed by atoms with Crippen LogP contribution in [0.1, 0.15) is 46.1 Å². The lowest BCUT2D eigenvalue weighted by Crippen LogP contribution is -2.41. The first-order valence-electron chi connectivity index (χ1n) is 8.48. The van der Waals surface area contributed by atoms with Gasteiger partial charge in [-0.3, -0.25) is 0 Å². The second-order valence-electron chi connectivity index (χ2n) is 7.86. The maximum absolute atomic E-state index is 6.28. The first kappa shape index (κ1) is 19.4. The molecular weight excluding hydrogens is 288 g/mol. The predicted octanol–water partition coefficient (Wildman–Crippen LogP) is 5.64. The van der Waals surface area contributed by atoms with Crippen molar-refractivity contribution in [2.24, 2.45) is 5.92 Å². The Hall–Kier alpha value is -0.643. The molecule has 0 unspecified atom stereocenters. The van der Waals surface area contributed by atoms with Crippen molar-refractivity contribution in [1.29, 1.82) is 0 Å². The van der Waals surface area contributed by atoms with Gasteiger partial charge in [-0.25, -0.2) is 0 Å². The van der Waals surface area contributed by atoms with Crippen molar-refractivity contribution < 1.29 is 9.16 Å². The topological polar surface area (TPSA) is 18.5 Å². The van der Waals surface area contributed by atoms with Crippen LogP contribution in [-0.4, -0.2) is 21.5 Å². The summed E-state index contributed by atoms with van der Waals surface area (Å²) in [5.74, 6) is 0.606. The molecule has 0 radical (unpaired) electrons. The van der Waals surface area contributed by atoms with Crippen LogP contribution in [0.25, 0.3) is 0 Å². The lowest BCUT2D eigenvalue weighted by Gasteiger charge is -2.37. The summed E-state index contributed by atoms with van der Waals surface area (Å²) in [5.41, 5.74) is 1.25. The molecule has 0 spiro atoms. The van der Waals surface area contributed by atoms with E-state index < -0.39 is 8.32 Å². The maximum Gasteiger partial charge on any atom is 0.191 e. The van der Waals surface area contributed by atoms with Crippen LogP contribution in [0.5, 0.6) is 0 Å². The molecule has 0 bridgehead atoms. The van der Waals surface area contributed by atoms with Gasteiger partial charge in [0.2, 0.25) is 0 Å². The highest BCUT2D eigenvalue weighted by atomic mass is 28.4. The third-order valence-electron chi connectivity index (χ3n) is 4.63. The number of benzene rings is 1. The van der Waals surface area contributed by atoms with Gasteiger partial charge < -0.3 is 9.16 Å². The normalized spacial score (nSPS) is 14.1. The van der Waals surface area contributed by atoms with Crippen LogP contribution in [0.15, 0.2) is 30.3 Å². The van der Waals surface area contributed by atoms with Gasteiger partial charge in [0.25, 0.3) is 0 Å². The monoisotopic (exact) mass is 322 g/mol. The van der Waals surface area contributed by atoms with E-state index in [2.05, 4.69) is 65.1 Å². The summed E-state index contributed by atoms with van der Waals surface area (Å²) >= 11 is 0. The Bertz CT molecular complexity index is 409. The van der Waals surface area contributed by atoms with Crippen molar-refractivity contribution in [2.75, 3.05) is 13.2 Å². The fourth-order valence-electron chi connectivity index (χ4n) is 1.95. The molecular formula is C19H34O2Si.